The van der Waals surface area contributed by atoms with Crippen LogP contribution in [0.2, 0.25) is 0 Å². The average molecular weight is 224 g/mol. The molecule has 0 spiro atoms. The lowest BCUT2D eigenvalue weighted by molar-refractivity contribution is -0.143. The maximum atomic E-state index is 12.0. The molecule has 0 amide bonds. The first-order valence-electron chi connectivity index (χ1n) is 4.71. The fraction of sp³-hybridized carbons (Fsp3) is 0.875. The predicted molar refractivity (Wildman–Crippen MR) is 51.3 cm³/mol. The smallest absolute Gasteiger partial charge is 0.370 e. The summed E-state index contributed by atoms with van der Waals surface area (Å²) in [4.78, 5) is 5.18. The number of likely N-dealkylation sites (tertiary alicyclic amines) is 1. The summed E-state index contributed by atoms with van der Waals surface area (Å²) in [6.45, 7) is 0.447. The summed E-state index contributed by atoms with van der Waals surface area (Å²) in [5.41, 5.74) is 10.3. The molecule has 88 valence electrons. The summed E-state index contributed by atoms with van der Waals surface area (Å²) >= 11 is 0. The monoisotopic (exact) mass is 224 g/mol. The number of alkyl halides is 3. The van der Waals surface area contributed by atoms with Gasteiger partial charge in [0.25, 0.3) is 0 Å². The first-order chi connectivity index (χ1) is 6.87. The fourth-order valence-electron chi connectivity index (χ4n) is 1.69. The van der Waals surface area contributed by atoms with Crippen LogP contribution in [0.4, 0.5) is 13.2 Å². The van der Waals surface area contributed by atoms with Gasteiger partial charge in [-0.15, -0.1) is 0 Å². The van der Waals surface area contributed by atoms with E-state index in [1.54, 1.807) is 0 Å². The minimum atomic E-state index is -4.12. The Hall–Kier alpha value is -0.980. The SMILES string of the molecule is NC(N)=NCC1CCN(CC(F)(F)F)C1. The number of hydrogen-bond donors (Lipinski definition) is 2. The van der Waals surface area contributed by atoms with E-state index in [9.17, 15) is 13.2 Å². The van der Waals surface area contributed by atoms with Crippen molar-refractivity contribution in [1.29, 1.82) is 0 Å². The maximum absolute atomic E-state index is 12.0. The summed E-state index contributed by atoms with van der Waals surface area (Å²) < 4.78 is 36.1. The molecule has 1 rings (SSSR count). The second kappa shape index (κ2) is 4.69. The molecule has 1 fully saturated rings. The molecular weight excluding hydrogens is 209 g/mol. The Labute approximate surface area is 86.1 Å². The van der Waals surface area contributed by atoms with Gasteiger partial charge in [-0.2, -0.15) is 13.2 Å². The molecule has 0 radical (unpaired) electrons. The Kier molecular flexibility index (Phi) is 3.78. The molecule has 0 saturated carbocycles. The van der Waals surface area contributed by atoms with Gasteiger partial charge in [0.15, 0.2) is 5.96 Å². The quantitative estimate of drug-likeness (QED) is 0.529. The molecule has 0 aliphatic carbocycles. The number of aliphatic imine (C=N–C) groups is 1. The van der Waals surface area contributed by atoms with Crippen LogP contribution in [-0.4, -0.2) is 43.2 Å². The van der Waals surface area contributed by atoms with E-state index in [1.807, 2.05) is 0 Å². The van der Waals surface area contributed by atoms with Crippen molar-refractivity contribution >= 4 is 5.96 Å². The highest BCUT2D eigenvalue weighted by Crippen LogP contribution is 2.22. The fourth-order valence-corrected chi connectivity index (χ4v) is 1.69. The van der Waals surface area contributed by atoms with Crippen LogP contribution < -0.4 is 11.5 Å². The summed E-state index contributed by atoms with van der Waals surface area (Å²) in [6, 6.07) is 0. The van der Waals surface area contributed by atoms with Crippen LogP contribution in [-0.2, 0) is 0 Å². The van der Waals surface area contributed by atoms with Crippen LogP contribution >= 0.6 is 0 Å². The molecule has 15 heavy (non-hydrogen) atoms. The minimum Gasteiger partial charge on any atom is -0.370 e. The van der Waals surface area contributed by atoms with Crippen molar-refractivity contribution in [3.05, 3.63) is 0 Å². The van der Waals surface area contributed by atoms with Crippen LogP contribution in [0, 0.1) is 5.92 Å². The number of rotatable bonds is 3. The van der Waals surface area contributed by atoms with Gasteiger partial charge in [-0.05, 0) is 18.9 Å². The molecule has 4 N–H and O–H groups in total. The van der Waals surface area contributed by atoms with Crippen molar-refractivity contribution in [1.82, 2.24) is 4.90 Å². The Morgan fingerprint density at radius 3 is 2.60 bits per heavy atom. The van der Waals surface area contributed by atoms with E-state index >= 15 is 0 Å². The molecule has 1 aliphatic rings. The minimum absolute atomic E-state index is 0.00993. The molecule has 0 aromatic heterocycles. The summed E-state index contributed by atoms with van der Waals surface area (Å²) in [7, 11) is 0. The van der Waals surface area contributed by atoms with Gasteiger partial charge in [0.1, 0.15) is 0 Å². The summed E-state index contributed by atoms with van der Waals surface area (Å²) in [5, 5.41) is 0. The van der Waals surface area contributed by atoms with E-state index in [0.29, 0.717) is 26.1 Å². The predicted octanol–water partition coefficient (Wildman–Crippen LogP) is 0.144. The lowest BCUT2D eigenvalue weighted by Gasteiger charge is -2.17. The van der Waals surface area contributed by atoms with Gasteiger partial charge in [0, 0.05) is 13.1 Å². The van der Waals surface area contributed by atoms with Gasteiger partial charge in [0.2, 0.25) is 0 Å². The van der Waals surface area contributed by atoms with E-state index in [0.717, 1.165) is 0 Å². The number of guanidine groups is 1. The highest BCUT2D eigenvalue weighted by molar-refractivity contribution is 5.75. The van der Waals surface area contributed by atoms with Crippen LogP contribution in [0.5, 0.6) is 0 Å². The van der Waals surface area contributed by atoms with Gasteiger partial charge in [-0.3, -0.25) is 9.89 Å². The second-order valence-electron chi connectivity index (χ2n) is 3.77. The third-order valence-electron chi connectivity index (χ3n) is 2.30. The van der Waals surface area contributed by atoms with Crippen LogP contribution in [0.3, 0.4) is 0 Å². The van der Waals surface area contributed by atoms with E-state index in [-0.39, 0.29) is 11.9 Å². The molecule has 1 atom stereocenters. The molecule has 0 aromatic rings. The summed E-state index contributed by atoms with van der Waals surface area (Å²) in [5.74, 6) is 0.124. The molecule has 4 nitrogen and oxygen atoms in total. The van der Waals surface area contributed by atoms with Crippen LogP contribution in [0.25, 0.3) is 0 Å². The van der Waals surface area contributed by atoms with E-state index in [1.165, 1.54) is 4.90 Å². The Morgan fingerprint density at radius 2 is 2.07 bits per heavy atom. The molecular formula is C8H15F3N4. The van der Waals surface area contributed by atoms with Gasteiger partial charge in [0.05, 0.1) is 6.54 Å². The van der Waals surface area contributed by atoms with Gasteiger partial charge in [-0.25, -0.2) is 0 Å². The van der Waals surface area contributed by atoms with Crippen molar-refractivity contribution < 1.29 is 13.2 Å². The van der Waals surface area contributed by atoms with Gasteiger partial charge >= 0.3 is 6.18 Å². The Balaban J connectivity index is 2.30. The van der Waals surface area contributed by atoms with E-state index < -0.39 is 12.7 Å². The van der Waals surface area contributed by atoms with Crippen molar-refractivity contribution in [2.75, 3.05) is 26.2 Å². The Bertz CT molecular complexity index is 235. The van der Waals surface area contributed by atoms with Crippen molar-refractivity contribution in [2.45, 2.75) is 12.6 Å². The van der Waals surface area contributed by atoms with Crippen molar-refractivity contribution in [2.24, 2.45) is 22.4 Å². The van der Waals surface area contributed by atoms with Crippen LogP contribution in [0.1, 0.15) is 6.42 Å². The topological polar surface area (TPSA) is 67.6 Å². The molecule has 1 heterocycles. The van der Waals surface area contributed by atoms with Gasteiger partial charge in [-0.1, -0.05) is 0 Å². The number of nitrogens with two attached hydrogens (primary N) is 2. The normalized spacial score (nSPS) is 23.0. The summed E-state index contributed by atoms with van der Waals surface area (Å²) in [6.07, 6.45) is -3.40. The number of halogens is 3. The van der Waals surface area contributed by atoms with Gasteiger partial charge < -0.3 is 11.5 Å². The standard InChI is InChI=1S/C8H15F3N4/c9-8(10,11)5-15-2-1-6(4-15)3-14-7(12)13/h6H,1-5H2,(H4,12,13,14). The lowest BCUT2D eigenvalue weighted by atomic mass is 10.1. The molecule has 1 unspecified atom stereocenters. The highest BCUT2D eigenvalue weighted by atomic mass is 19.4. The molecule has 0 bridgehead atoms. The van der Waals surface area contributed by atoms with E-state index in [2.05, 4.69) is 4.99 Å². The maximum Gasteiger partial charge on any atom is 0.401 e. The third-order valence-corrected chi connectivity index (χ3v) is 2.30. The second-order valence-corrected chi connectivity index (χ2v) is 3.77. The molecule has 1 saturated heterocycles. The average Bonchev–Trinajstić information content (AvgIpc) is 2.45. The number of nitrogens with zero attached hydrogens (tertiary/aromatic N) is 2. The highest BCUT2D eigenvalue weighted by Gasteiger charge is 2.34. The third kappa shape index (κ3) is 4.87. The zero-order chi connectivity index (χ0) is 11.5. The zero-order valence-corrected chi connectivity index (χ0v) is 8.30. The van der Waals surface area contributed by atoms with Crippen molar-refractivity contribution in [3.8, 4) is 0 Å². The van der Waals surface area contributed by atoms with Crippen molar-refractivity contribution in [3.63, 3.8) is 0 Å². The Morgan fingerprint density at radius 1 is 1.40 bits per heavy atom. The lowest BCUT2D eigenvalue weighted by Crippen LogP contribution is -2.32. The first-order valence-corrected chi connectivity index (χ1v) is 4.71. The first kappa shape index (κ1) is 12.1. The molecule has 0 aromatic carbocycles. The largest absolute Gasteiger partial charge is 0.401 e. The molecule has 1 aliphatic heterocycles. The molecule has 7 heteroatoms. The number of hydrogen-bond acceptors (Lipinski definition) is 2. The van der Waals surface area contributed by atoms with Crippen LogP contribution in [0.15, 0.2) is 4.99 Å². The van der Waals surface area contributed by atoms with E-state index in [4.69, 9.17) is 11.5 Å². The zero-order valence-electron chi connectivity index (χ0n) is 8.30.